The van der Waals surface area contributed by atoms with Gasteiger partial charge in [-0.15, -0.1) is 0 Å². The zero-order valence-corrected chi connectivity index (χ0v) is 11.9. The van der Waals surface area contributed by atoms with Gasteiger partial charge in [0, 0.05) is 5.56 Å². The molecule has 3 nitrogen and oxygen atoms in total. The summed E-state index contributed by atoms with van der Waals surface area (Å²) in [4.78, 5) is 11.6. The molecule has 2 atom stereocenters. The van der Waals surface area contributed by atoms with Gasteiger partial charge in [-0.05, 0) is 19.9 Å². The third-order valence-electron chi connectivity index (χ3n) is 3.75. The summed E-state index contributed by atoms with van der Waals surface area (Å²) in [5, 5.41) is 0. The van der Waals surface area contributed by atoms with Crippen molar-refractivity contribution in [2.24, 2.45) is 0 Å². The van der Waals surface area contributed by atoms with Crippen molar-refractivity contribution in [3.05, 3.63) is 47.5 Å². The highest BCUT2D eigenvalue weighted by atomic mass is 16.5. The Bertz CT molecular complexity index is 477. The maximum Gasteiger partial charge on any atom is 0.362 e. The number of esters is 1. The molecule has 0 bridgehead atoms. The van der Waals surface area contributed by atoms with Crippen LogP contribution >= 0.6 is 0 Å². The molecule has 3 heteroatoms. The highest BCUT2D eigenvalue weighted by Crippen LogP contribution is 2.30. The number of ether oxygens (including phenoxy) is 1. The van der Waals surface area contributed by atoms with Crippen LogP contribution in [0.2, 0.25) is 0 Å². The van der Waals surface area contributed by atoms with Crippen LogP contribution in [0, 0.1) is 0 Å². The van der Waals surface area contributed by atoms with Gasteiger partial charge in [-0.3, -0.25) is 0 Å². The Labute approximate surface area is 115 Å². The van der Waals surface area contributed by atoms with Crippen molar-refractivity contribution < 1.29 is 14.0 Å². The summed E-state index contributed by atoms with van der Waals surface area (Å²) in [7, 11) is 2.14. The monoisotopic (exact) mass is 260 g/mol. The van der Waals surface area contributed by atoms with Gasteiger partial charge in [0.05, 0.1) is 13.6 Å². The van der Waals surface area contributed by atoms with E-state index in [-0.39, 0.29) is 12.0 Å². The molecule has 1 saturated heterocycles. The van der Waals surface area contributed by atoms with Crippen molar-refractivity contribution in [2.45, 2.75) is 19.9 Å². The predicted octanol–water partition coefficient (Wildman–Crippen LogP) is 2.70. The first-order valence-corrected chi connectivity index (χ1v) is 6.69. The van der Waals surface area contributed by atoms with Crippen molar-refractivity contribution in [1.29, 1.82) is 0 Å². The molecule has 0 amide bonds. The number of allylic oxidation sites excluding steroid dienone is 1. The van der Waals surface area contributed by atoms with Gasteiger partial charge in [0.1, 0.15) is 12.6 Å². The minimum Gasteiger partial charge on any atom is -0.455 e. The number of rotatable bonds is 3. The Morgan fingerprint density at radius 2 is 2.05 bits per heavy atom. The summed E-state index contributed by atoms with van der Waals surface area (Å²) in [6, 6.07) is 10.5. The Balaban J connectivity index is 2.29. The molecule has 19 heavy (non-hydrogen) atoms. The minimum absolute atomic E-state index is 0.100. The summed E-state index contributed by atoms with van der Waals surface area (Å²) in [6.45, 7) is 5.94. The molecule has 1 aromatic carbocycles. The van der Waals surface area contributed by atoms with E-state index in [1.54, 1.807) is 0 Å². The predicted molar refractivity (Wildman–Crippen MR) is 75.5 cm³/mol. The number of cyclic esters (lactones) is 1. The average Bonchev–Trinajstić information content (AvgIpc) is 2.37. The lowest BCUT2D eigenvalue weighted by atomic mass is 10.0. The standard InChI is InChI=1S/C16H22NO2/c1-13(2)9-10-17(3)11-16(18)19-12-15(17)14-7-5-4-6-8-14/h4-9,15H,10-12H2,1-3H3/q+1/t15-,17+/m0/s1. The molecule has 0 radical (unpaired) electrons. The fraction of sp³-hybridized carbons (Fsp3) is 0.438. The Morgan fingerprint density at radius 3 is 2.68 bits per heavy atom. The Morgan fingerprint density at radius 1 is 1.37 bits per heavy atom. The van der Waals surface area contributed by atoms with Gasteiger partial charge >= 0.3 is 5.97 Å². The first-order chi connectivity index (χ1) is 9.01. The number of hydrogen-bond donors (Lipinski definition) is 0. The van der Waals surface area contributed by atoms with E-state index in [0.29, 0.717) is 17.6 Å². The second-order valence-electron chi connectivity index (χ2n) is 5.71. The molecule has 1 heterocycles. The first-order valence-electron chi connectivity index (χ1n) is 6.69. The fourth-order valence-electron chi connectivity index (χ4n) is 2.52. The van der Waals surface area contributed by atoms with Gasteiger partial charge in [-0.25, -0.2) is 4.79 Å². The van der Waals surface area contributed by atoms with Crippen LogP contribution in [-0.4, -0.2) is 37.2 Å². The lowest BCUT2D eigenvalue weighted by Gasteiger charge is -2.43. The zero-order chi connectivity index (χ0) is 13.9. The van der Waals surface area contributed by atoms with Crippen LogP contribution in [0.15, 0.2) is 42.0 Å². The number of quaternary nitrogens is 1. The molecule has 2 rings (SSSR count). The van der Waals surface area contributed by atoms with Crippen molar-refractivity contribution in [2.75, 3.05) is 26.7 Å². The second kappa shape index (κ2) is 5.57. The van der Waals surface area contributed by atoms with E-state index in [0.717, 1.165) is 6.54 Å². The number of carbonyl (C=O) groups is 1. The highest BCUT2D eigenvalue weighted by molar-refractivity contribution is 5.71. The van der Waals surface area contributed by atoms with Crippen LogP contribution in [0.1, 0.15) is 25.5 Å². The number of benzene rings is 1. The third-order valence-corrected chi connectivity index (χ3v) is 3.75. The van der Waals surface area contributed by atoms with Crippen LogP contribution in [0.4, 0.5) is 0 Å². The zero-order valence-electron chi connectivity index (χ0n) is 11.9. The van der Waals surface area contributed by atoms with E-state index in [9.17, 15) is 4.79 Å². The maximum absolute atomic E-state index is 11.6. The van der Waals surface area contributed by atoms with Gasteiger partial charge in [0.25, 0.3) is 0 Å². The Kier molecular flexibility index (Phi) is 4.05. The average molecular weight is 260 g/mol. The molecule has 102 valence electrons. The van der Waals surface area contributed by atoms with Crippen molar-refractivity contribution in [1.82, 2.24) is 0 Å². The molecule has 0 N–H and O–H groups in total. The summed E-state index contributed by atoms with van der Waals surface area (Å²) >= 11 is 0. The molecule has 1 fully saturated rings. The lowest BCUT2D eigenvalue weighted by Crippen LogP contribution is -2.55. The van der Waals surface area contributed by atoms with Crippen LogP contribution in [-0.2, 0) is 9.53 Å². The molecular weight excluding hydrogens is 238 g/mol. The van der Waals surface area contributed by atoms with E-state index in [2.05, 4.69) is 39.1 Å². The summed E-state index contributed by atoms with van der Waals surface area (Å²) in [5.41, 5.74) is 2.52. The molecule has 0 spiro atoms. The largest absolute Gasteiger partial charge is 0.455 e. The number of hydrogen-bond acceptors (Lipinski definition) is 2. The van der Waals surface area contributed by atoms with E-state index >= 15 is 0 Å². The van der Waals surface area contributed by atoms with Crippen LogP contribution < -0.4 is 0 Å². The second-order valence-corrected chi connectivity index (χ2v) is 5.71. The number of likely N-dealkylation sites (N-methyl/N-ethyl adjacent to an activating group) is 1. The molecular formula is C16H22NO2+. The number of morpholine rings is 1. The highest BCUT2D eigenvalue weighted by Gasteiger charge is 2.40. The fourth-order valence-corrected chi connectivity index (χ4v) is 2.52. The molecule has 0 aliphatic carbocycles. The summed E-state index contributed by atoms with van der Waals surface area (Å²) in [5.74, 6) is -0.100. The first kappa shape index (κ1) is 13.8. The quantitative estimate of drug-likeness (QED) is 0.474. The topological polar surface area (TPSA) is 26.3 Å². The van der Waals surface area contributed by atoms with Gasteiger partial charge < -0.3 is 9.22 Å². The van der Waals surface area contributed by atoms with Crippen molar-refractivity contribution in [3.63, 3.8) is 0 Å². The molecule has 0 aromatic heterocycles. The SMILES string of the molecule is CC(C)=CC[N@+]1(C)CC(=O)OC[C@H]1c1ccccc1. The number of carbonyl (C=O) groups excluding carboxylic acids is 1. The number of nitrogens with zero attached hydrogens (tertiary/aromatic N) is 1. The lowest BCUT2D eigenvalue weighted by molar-refractivity contribution is -0.932. The van der Waals surface area contributed by atoms with Gasteiger partial charge in [-0.1, -0.05) is 35.9 Å². The smallest absolute Gasteiger partial charge is 0.362 e. The molecule has 1 aliphatic heterocycles. The molecule has 0 saturated carbocycles. The van der Waals surface area contributed by atoms with E-state index in [1.165, 1.54) is 11.1 Å². The maximum atomic E-state index is 11.6. The molecule has 1 aromatic rings. The van der Waals surface area contributed by atoms with Crippen molar-refractivity contribution in [3.8, 4) is 0 Å². The van der Waals surface area contributed by atoms with E-state index in [4.69, 9.17) is 4.74 Å². The summed E-state index contributed by atoms with van der Waals surface area (Å²) in [6.07, 6.45) is 2.20. The van der Waals surface area contributed by atoms with E-state index in [1.807, 2.05) is 18.2 Å². The molecule has 1 aliphatic rings. The van der Waals surface area contributed by atoms with E-state index < -0.39 is 0 Å². The van der Waals surface area contributed by atoms with Crippen LogP contribution in [0.25, 0.3) is 0 Å². The van der Waals surface area contributed by atoms with Gasteiger partial charge in [0.15, 0.2) is 6.54 Å². The third kappa shape index (κ3) is 3.24. The molecule has 0 unspecified atom stereocenters. The van der Waals surface area contributed by atoms with Gasteiger partial charge in [-0.2, -0.15) is 0 Å². The van der Waals surface area contributed by atoms with Crippen LogP contribution in [0.5, 0.6) is 0 Å². The Hall–Kier alpha value is -1.61. The summed E-state index contributed by atoms with van der Waals surface area (Å²) < 4.78 is 5.96. The van der Waals surface area contributed by atoms with Crippen molar-refractivity contribution >= 4 is 5.97 Å². The van der Waals surface area contributed by atoms with Crippen LogP contribution in [0.3, 0.4) is 0 Å². The minimum atomic E-state index is -0.100. The normalized spacial score (nSPS) is 26.7. The van der Waals surface area contributed by atoms with Gasteiger partial charge in [0.2, 0.25) is 0 Å².